The van der Waals surface area contributed by atoms with E-state index < -0.39 is 5.97 Å². The molecule has 0 atom stereocenters. The van der Waals surface area contributed by atoms with Gasteiger partial charge in [-0.25, -0.2) is 4.79 Å². The van der Waals surface area contributed by atoms with Gasteiger partial charge in [0.15, 0.2) is 0 Å². The number of carboxylic acid groups (broad SMARTS) is 1. The molecule has 1 fully saturated rings. The van der Waals surface area contributed by atoms with Crippen molar-refractivity contribution in [1.29, 1.82) is 0 Å². The van der Waals surface area contributed by atoms with E-state index in [2.05, 4.69) is 22.9 Å². The third-order valence-corrected chi connectivity index (χ3v) is 4.44. The first-order valence-corrected chi connectivity index (χ1v) is 6.95. The molecule has 1 aromatic rings. The Kier molecular flexibility index (Phi) is 3.61. The van der Waals surface area contributed by atoms with Crippen LogP contribution in [0.25, 0.3) is 0 Å². The zero-order chi connectivity index (χ0) is 12.5. The molecule has 0 bridgehead atoms. The summed E-state index contributed by atoms with van der Waals surface area (Å²) < 4.78 is 2.74. The van der Waals surface area contributed by atoms with E-state index in [0.29, 0.717) is 11.1 Å². The molecule has 4 heteroatoms. The molecule has 1 aromatic heterocycles. The lowest BCUT2D eigenvalue weighted by Crippen LogP contribution is -2.24. The van der Waals surface area contributed by atoms with Gasteiger partial charge in [-0.15, -0.1) is 0 Å². The Hall–Kier alpha value is -0.770. The van der Waals surface area contributed by atoms with Gasteiger partial charge in [-0.2, -0.15) is 0 Å². The van der Waals surface area contributed by atoms with Gasteiger partial charge in [-0.3, -0.25) is 0 Å². The molecule has 1 heterocycles. The number of hydrogen-bond acceptors (Lipinski definition) is 1. The van der Waals surface area contributed by atoms with Gasteiger partial charge < -0.3 is 9.67 Å². The molecule has 94 valence electrons. The molecule has 1 N–H and O–H groups in total. The lowest BCUT2D eigenvalue weighted by atomic mass is 9.83. The molecule has 0 spiro atoms. The van der Waals surface area contributed by atoms with Gasteiger partial charge in [0.05, 0.1) is 0 Å². The summed E-state index contributed by atoms with van der Waals surface area (Å²) in [5, 5.41) is 9.17. The van der Waals surface area contributed by atoms with E-state index in [1.807, 2.05) is 10.8 Å². The first kappa shape index (κ1) is 12.7. The zero-order valence-electron chi connectivity index (χ0n) is 10.1. The topological polar surface area (TPSA) is 42.2 Å². The number of carboxylic acids is 1. The van der Waals surface area contributed by atoms with Crippen molar-refractivity contribution >= 4 is 21.9 Å². The minimum Gasteiger partial charge on any atom is -0.477 e. The highest BCUT2D eigenvalue weighted by molar-refractivity contribution is 9.10. The van der Waals surface area contributed by atoms with Crippen LogP contribution in [0.1, 0.15) is 49.5 Å². The Balaban J connectivity index is 2.25. The standard InChI is InChI=1S/C13H18BrNO2/c1-2-13(5-3-4-6-13)9-15-8-10(14)7-11(15)12(16)17/h7-8H,2-6,9H2,1H3,(H,16,17). The van der Waals surface area contributed by atoms with Gasteiger partial charge in [0.1, 0.15) is 5.69 Å². The van der Waals surface area contributed by atoms with Crippen LogP contribution in [0.15, 0.2) is 16.7 Å². The molecule has 1 aliphatic carbocycles. The zero-order valence-corrected chi connectivity index (χ0v) is 11.7. The Bertz CT molecular complexity index is 419. The largest absolute Gasteiger partial charge is 0.477 e. The second-order valence-electron chi connectivity index (χ2n) is 5.04. The van der Waals surface area contributed by atoms with Crippen molar-refractivity contribution in [2.24, 2.45) is 5.41 Å². The van der Waals surface area contributed by atoms with Crippen LogP contribution in [0, 0.1) is 5.41 Å². The van der Waals surface area contributed by atoms with Crippen molar-refractivity contribution in [2.45, 2.75) is 45.6 Å². The number of carbonyl (C=O) groups is 1. The smallest absolute Gasteiger partial charge is 0.352 e. The number of rotatable bonds is 4. The quantitative estimate of drug-likeness (QED) is 0.915. The maximum atomic E-state index is 11.2. The minimum atomic E-state index is -0.847. The summed E-state index contributed by atoms with van der Waals surface area (Å²) in [5.41, 5.74) is 0.694. The molecule has 0 unspecified atom stereocenters. The van der Waals surface area contributed by atoms with Crippen LogP contribution in [0.4, 0.5) is 0 Å². The number of hydrogen-bond donors (Lipinski definition) is 1. The first-order valence-electron chi connectivity index (χ1n) is 6.15. The van der Waals surface area contributed by atoms with Gasteiger partial charge in [-0.05, 0) is 46.7 Å². The lowest BCUT2D eigenvalue weighted by Gasteiger charge is -2.28. The summed E-state index contributed by atoms with van der Waals surface area (Å²) in [7, 11) is 0. The van der Waals surface area contributed by atoms with E-state index in [0.717, 1.165) is 17.4 Å². The van der Waals surface area contributed by atoms with Crippen molar-refractivity contribution in [3.8, 4) is 0 Å². The summed E-state index contributed by atoms with van der Waals surface area (Å²) >= 11 is 3.36. The number of aromatic carboxylic acids is 1. The molecule has 2 rings (SSSR count). The van der Waals surface area contributed by atoms with Crippen LogP contribution in [0.5, 0.6) is 0 Å². The summed E-state index contributed by atoms with van der Waals surface area (Å²) in [6.07, 6.45) is 8.01. The molecular weight excluding hydrogens is 282 g/mol. The predicted molar refractivity (Wildman–Crippen MR) is 70.3 cm³/mol. The van der Waals surface area contributed by atoms with Crippen molar-refractivity contribution in [3.05, 3.63) is 22.4 Å². The molecule has 0 saturated heterocycles. The van der Waals surface area contributed by atoms with Gasteiger partial charge in [-0.1, -0.05) is 19.8 Å². The summed E-state index contributed by atoms with van der Waals surface area (Å²) in [6, 6.07) is 1.68. The van der Waals surface area contributed by atoms with Crippen LogP contribution < -0.4 is 0 Å². The second-order valence-corrected chi connectivity index (χ2v) is 5.95. The average Bonchev–Trinajstić information content (AvgIpc) is 2.87. The predicted octanol–water partition coefficient (Wildman–Crippen LogP) is 3.92. The monoisotopic (exact) mass is 299 g/mol. The third kappa shape index (κ3) is 2.57. The molecule has 1 saturated carbocycles. The fourth-order valence-electron chi connectivity index (χ4n) is 2.89. The highest BCUT2D eigenvalue weighted by Crippen LogP contribution is 2.42. The normalized spacial score (nSPS) is 18.5. The average molecular weight is 300 g/mol. The molecule has 0 amide bonds. The fraction of sp³-hybridized carbons (Fsp3) is 0.615. The van der Waals surface area contributed by atoms with Crippen molar-refractivity contribution in [3.63, 3.8) is 0 Å². The van der Waals surface area contributed by atoms with Crippen molar-refractivity contribution < 1.29 is 9.90 Å². The summed E-state index contributed by atoms with van der Waals surface area (Å²) in [5.74, 6) is -0.847. The van der Waals surface area contributed by atoms with Crippen LogP contribution in [-0.4, -0.2) is 15.6 Å². The number of halogens is 1. The highest BCUT2D eigenvalue weighted by atomic mass is 79.9. The Morgan fingerprint density at radius 1 is 1.53 bits per heavy atom. The molecule has 0 aromatic carbocycles. The minimum absolute atomic E-state index is 0.308. The molecule has 17 heavy (non-hydrogen) atoms. The maximum absolute atomic E-state index is 11.2. The van der Waals surface area contributed by atoms with Crippen molar-refractivity contribution in [2.75, 3.05) is 0 Å². The number of nitrogens with zero attached hydrogens (tertiary/aromatic N) is 1. The van der Waals surface area contributed by atoms with Crippen LogP contribution >= 0.6 is 15.9 Å². The molecule has 0 aliphatic heterocycles. The van der Waals surface area contributed by atoms with E-state index in [-0.39, 0.29) is 0 Å². The van der Waals surface area contributed by atoms with Gasteiger partial charge in [0.2, 0.25) is 0 Å². The molecule has 3 nitrogen and oxygen atoms in total. The second kappa shape index (κ2) is 4.84. The van der Waals surface area contributed by atoms with E-state index in [4.69, 9.17) is 5.11 Å². The van der Waals surface area contributed by atoms with Gasteiger partial charge in [0.25, 0.3) is 0 Å². The third-order valence-electron chi connectivity index (χ3n) is 4.00. The van der Waals surface area contributed by atoms with Crippen LogP contribution in [0.3, 0.4) is 0 Å². The van der Waals surface area contributed by atoms with Gasteiger partial charge in [0, 0.05) is 17.2 Å². The first-order chi connectivity index (χ1) is 8.06. The molecular formula is C13H18BrNO2. The van der Waals surface area contributed by atoms with Gasteiger partial charge >= 0.3 is 5.97 Å². The van der Waals surface area contributed by atoms with Crippen LogP contribution in [0.2, 0.25) is 0 Å². The highest BCUT2D eigenvalue weighted by Gasteiger charge is 2.33. The maximum Gasteiger partial charge on any atom is 0.352 e. The van der Waals surface area contributed by atoms with E-state index >= 15 is 0 Å². The fourth-order valence-corrected chi connectivity index (χ4v) is 3.36. The lowest BCUT2D eigenvalue weighted by molar-refractivity contribution is 0.0680. The van der Waals surface area contributed by atoms with E-state index in [1.165, 1.54) is 25.7 Å². The van der Waals surface area contributed by atoms with Crippen molar-refractivity contribution in [1.82, 2.24) is 4.57 Å². The van der Waals surface area contributed by atoms with E-state index in [1.54, 1.807) is 6.07 Å². The Morgan fingerprint density at radius 2 is 2.18 bits per heavy atom. The summed E-state index contributed by atoms with van der Waals surface area (Å²) in [6.45, 7) is 3.04. The Morgan fingerprint density at radius 3 is 2.71 bits per heavy atom. The SMILES string of the molecule is CCC1(Cn2cc(Br)cc2C(=O)O)CCCC1. The van der Waals surface area contributed by atoms with Crippen LogP contribution in [-0.2, 0) is 6.54 Å². The molecule has 0 radical (unpaired) electrons. The Labute approximate surface area is 110 Å². The number of aromatic nitrogens is 1. The molecule has 1 aliphatic rings. The summed E-state index contributed by atoms with van der Waals surface area (Å²) in [4.78, 5) is 11.2. The van der Waals surface area contributed by atoms with E-state index in [9.17, 15) is 4.79 Å².